The van der Waals surface area contributed by atoms with Crippen molar-refractivity contribution in [2.24, 2.45) is 0 Å². The molecule has 10 heteroatoms. The molecule has 2 N–H and O–H groups in total. The van der Waals surface area contributed by atoms with Crippen LogP contribution in [0.5, 0.6) is 0 Å². The molecule has 3 aromatic rings. The van der Waals surface area contributed by atoms with E-state index in [1.54, 1.807) is 49.8 Å². The van der Waals surface area contributed by atoms with Crippen LogP contribution in [0.3, 0.4) is 0 Å². The van der Waals surface area contributed by atoms with Crippen molar-refractivity contribution in [3.05, 3.63) is 47.7 Å². The molecule has 2 heterocycles. The average Bonchev–Trinajstić information content (AvgIpc) is 3.42. The Hall–Kier alpha value is -2.69. The first-order valence-corrected chi connectivity index (χ1v) is 11.9. The van der Waals surface area contributed by atoms with Gasteiger partial charge in [0.05, 0.1) is 22.5 Å². The lowest BCUT2D eigenvalue weighted by Crippen LogP contribution is -2.30. The predicted octanol–water partition coefficient (Wildman–Crippen LogP) is 4.12. The first-order chi connectivity index (χ1) is 14.4. The number of aromatic nitrogens is 1. The van der Waals surface area contributed by atoms with Gasteiger partial charge in [-0.1, -0.05) is 13.8 Å². The fraction of sp³-hybridized carbons (Fsp3) is 0.300. The third kappa shape index (κ3) is 4.55. The summed E-state index contributed by atoms with van der Waals surface area (Å²) in [6.07, 6.45) is 1.54. The first-order valence-electron chi connectivity index (χ1n) is 9.59. The minimum atomic E-state index is -3.65. The van der Waals surface area contributed by atoms with Gasteiger partial charge in [0, 0.05) is 25.0 Å². The quantitative estimate of drug-likeness (QED) is 0.510. The summed E-state index contributed by atoms with van der Waals surface area (Å²) in [5, 5.41) is 8.16. The van der Waals surface area contributed by atoms with Crippen LogP contribution in [0.15, 0.2) is 51.3 Å². The number of thiazole rings is 1. The second-order valence-electron chi connectivity index (χ2n) is 6.30. The molecule has 0 fully saturated rings. The highest BCUT2D eigenvalue weighted by Gasteiger charge is 2.23. The van der Waals surface area contributed by atoms with Gasteiger partial charge in [0.15, 0.2) is 10.8 Å². The van der Waals surface area contributed by atoms with Crippen LogP contribution in [0.4, 0.5) is 11.4 Å². The number of carbonyl (C=O) groups is 1. The maximum Gasteiger partial charge on any atom is 0.275 e. The minimum Gasteiger partial charge on any atom is -0.462 e. The molecule has 30 heavy (non-hydrogen) atoms. The van der Waals surface area contributed by atoms with Crippen LogP contribution in [-0.2, 0) is 10.0 Å². The molecule has 0 atom stereocenters. The highest BCUT2D eigenvalue weighted by atomic mass is 32.2. The largest absolute Gasteiger partial charge is 0.462 e. The van der Waals surface area contributed by atoms with E-state index in [4.69, 9.17) is 4.42 Å². The number of benzene rings is 1. The molecule has 0 spiro atoms. The summed E-state index contributed by atoms with van der Waals surface area (Å²) in [5.74, 6) is 0.153. The van der Waals surface area contributed by atoms with Crippen molar-refractivity contribution in [3.8, 4) is 10.8 Å². The van der Waals surface area contributed by atoms with Crippen molar-refractivity contribution < 1.29 is 17.6 Å². The van der Waals surface area contributed by atoms with Gasteiger partial charge in [-0.3, -0.25) is 4.79 Å². The summed E-state index contributed by atoms with van der Waals surface area (Å²) >= 11 is 1.29. The van der Waals surface area contributed by atoms with Gasteiger partial charge in [-0.25, -0.2) is 13.4 Å². The Bertz CT molecular complexity index is 1100. The van der Waals surface area contributed by atoms with Crippen molar-refractivity contribution in [1.82, 2.24) is 9.29 Å². The van der Waals surface area contributed by atoms with Gasteiger partial charge in [0.1, 0.15) is 5.69 Å². The Kier molecular flexibility index (Phi) is 6.91. The Morgan fingerprint density at radius 2 is 1.93 bits per heavy atom. The van der Waals surface area contributed by atoms with Gasteiger partial charge in [-0.15, -0.1) is 11.3 Å². The third-order valence-electron chi connectivity index (χ3n) is 4.42. The zero-order valence-electron chi connectivity index (χ0n) is 17.0. The summed E-state index contributed by atoms with van der Waals surface area (Å²) in [6.45, 7) is 6.84. The Labute approximate surface area is 180 Å². The third-order valence-corrected chi connectivity index (χ3v) is 7.32. The molecule has 0 bridgehead atoms. The van der Waals surface area contributed by atoms with Crippen molar-refractivity contribution >= 4 is 38.6 Å². The fourth-order valence-electron chi connectivity index (χ4n) is 2.92. The van der Waals surface area contributed by atoms with Crippen LogP contribution in [0.1, 0.15) is 31.3 Å². The molecule has 0 aliphatic carbocycles. The zero-order valence-corrected chi connectivity index (χ0v) is 18.6. The molecular formula is C20H24N4O4S2. The number of rotatable bonds is 9. The van der Waals surface area contributed by atoms with Gasteiger partial charge in [0.25, 0.3) is 5.91 Å². The normalized spacial score (nSPS) is 11.6. The second kappa shape index (κ2) is 9.41. The number of sulfonamides is 1. The molecule has 2 aromatic heterocycles. The van der Waals surface area contributed by atoms with Gasteiger partial charge in [0.2, 0.25) is 10.0 Å². The maximum absolute atomic E-state index is 12.9. The molecule has 0 aliphatic heterocycles. The Balaban J connectivity index is 1.91. The number of amides is 1. The number of nitrogens with zero attached hydrogens (tertiary/aromatic N) is 2. The minimum absolute atomic E-state index is 0.123. The Morgan fingerprint density at radius 3 is 2.57 bits per heavy atom. The van der Waals surface area contributed by atoms with Crippen LogP contribution in [0.2, 0.25) is 0 Å². The van der Waals surface area contributed by atoms with Crippen molar-refractivity contribution in [2.45, 2.75) is 25.7 Å². The molecule has 0 saturated carbocycles. The SMILES string of the molecule is CCNc1ccc(S(=O)(=O)N(CC)CC)cc1NC(=O)c1csc(-c2ccco2)n1. The van der Waals surface area contributed by atoms with Crippen LogP contribution in [0.25, 0.3) is 10.8 Å². The van der Waals surface area contributed by atoms with E-state index < -0.39 is 15.9 Å². The number of carbonyl (C=O) groups excluding carboxylic acids is 1. The lowest BCUT2D eigenvalue weighted by atomic mass is 10.2. The van der Waals surface area contributed by atoms with Crippen LogP contribution < -0.4 is 10.6 Å². The topological polar surface area (TPSA) is 105 Å². The molecule has 0 aliphatic rings. The van der Waals surface area contributed by atoms with E-state index in [1.807, 2.05) is 6.92 Å². The maximum atomic E-state index is 12.9. The lowest BCUT2D eigenvalue weighted by Gasteiger charge is -2.20. The predicted molar refractivity (Wildman–Crippen MR) is 118 cm³/mol. The van der Waals surface area contributed by atoms with Crippen molar-refractivity contribution in [1.29, 1.82) is 0 Å². The highest BCUT2D eigenvalue weighted by Crippen LogP contribution is 2.29. The second-order valence-corrected chi connectivity index (χ2v) is 9.09. The van der Waals surface area contributed by atoms with Gasteiger partial charge < -0.3 is 15.1 Å². The molecule has 0 radical (unpaired) electrons. The molecule has 3 rings (SSSR count). The van der Waals surface area contributed by atoms with E-state index in [1.165, 1.54) is 21.7 Å². The number of hydrogen-bond acceptors (Lipinski definition) is 7. The average molecular weight is 449 g/mol. The van der Waals surface area contributed by atoms with E-state index in [-0.39, 0.29) is 10.6 Å². The van der Waals surface area contributed by atoms with E-state index in [9.17, 15) is 13.2 Å². The number of hydrogen-bond donors (Lipinski definition) is 2. The van der Waals surface area contributed by atoms with Crippen molar-refractivity contribution in [3.63, 3.8) is 0 Å². The fourth-order valence-corrected chi connectivity index (χ4v) is 5.17. The van der Waals surface area contributed by atoms with Crippen LogP contribution >= 0.6 is 11.3 Å². The van der Waals surface area contributed by atoms with E-state index >= 15 is 0 Å². The van der Waals surface area contributed by atoms with E-state index in [2.05, 4.69) is 15.6 Å². The highest BCUT2D eigenvalue weighted by molar-refractivity contribution is 7.89. The number of furan rings is 1. The van der Waals surface area contributed by atoms with Gasteiger partial charge >= 0.3 is 0 Å². The summed E-state index contributed by atoms with van der Waals surface area (Å²) in [6, 6.07) is 8.19. The summed E-state index contributed by atoms with van der Waals surface area (Å²) in [7, 11) is -3.65. The molecule has 8 nitrogen and oxygen atoms in total. The van der Waals surface area contributed by atoms with Crippen molar-refractivity contribution in [2.75, 3.05) is 30.3 Å². The number of nitrogens with one attached hydrogen (secondary N) is 2. The molecular weight excluding hydrogens is 424 g/mol. The van der Waals surface area contributed by atoms with Gasteiger partial charge in [-0.05, 0) is 37.3 Å². The van der Waals surface area contributed by atoms with Gasteiger partial charge in [-0.2, -0.15) is 4.31 Å². The number of anilines is 2. The first kappa shape index (κ1) is 22.0. The van der Waals surface area contributed by atoms with Crippen LogP contribution in [-0.4, -0.2) is 43.2 Å². The smallest absolute Gasteiger partial charge is 0.275 e. The zero-order chi connectivity index (χ0) is 21.7. The summed E-state index contributed by atoms with van der Waals surface area (Å²) in [5.41, 5.74) is 1.24. The standard InChI is InChI=1S/C20H24N4O4S2/c1-4-21-15-10-9-14(30(26,27)24(5-2)6-3)12-16(15)22-19(25)17-13-29-20(23-17)18-8-7-11-28-18/h7-13,21H,4-6H2,1-3H3,(H,22,25). The molecule has 160 valence electrons. The molecule has 0 unspecified atom stereocenters. The van der Waals surface area contributed by atoms with E-state index in [0.717, 1.165) is 0 Å². The monoisotopic (exact) mass is 448 g/mol. The molecule has 1 aromatic carbocycles. The molecule has 1 amide bonds. The molecule has 0 saturated heterocycles. The van der Waals surface area contributed by atoms with E-state index in [0.29, 0.717) is 41.8 Å². The Morgan fingerprint density at radius 1 is 1.17 bits per heavy atom. The van der Waals surface area contributed by atoms with Crippen LogP contribution in [0, 0.1) is 0 Å². The lowest BCUT2D eigenvalue weighted by molar-refractivity contribution is 0.102. The summed E-state index contributed by atoms with van der Waals surface area (Å²) in [4.78, 5) is 17.2. The summed E-state index contributed by atoms with van der Waals surface area (Å²) < 4.78 is 32.4.